The molecule has 2 aliphatic carbocycles. The van der Waals surface area contributed by atoms with Gasteiger partial charge < -0.3 is 10.4 Å². The highest BCUT2D eigenvalue weighted by Gasteiger charge is 2.51. The molecule has 0 unspecified atom stereocenters. The lowest BCUT2D eigenvalue weighted by Gasteiger charge is -2.23. The molecule has 5 heteroatoms. The molecule has 0 spiro atoms. The van der Waals surface area contributed by atoms with Crippen molar-refractivity contribution >= 4 is 40.2 Å². The highest BCUT2D eigenvalue weighted by molar-refractivity contribution is 14.1. The van der Waals surface area contributed by atoms with E-state index in [-0.39, 0.29) is 17.7 Å². The average Bonchev–Trinajstić information content (AvgIpc) is 3.01. The third kappa shape index (κ3) is 2.34. The van der Waals surface area contributed by atoms with Crippen molar-refractivity contribution in [3.8, 4) is 0 Å². The van der Waals surface area contributed by atoms with Crippen molar-refractivity contribution < 1.29 is 14.7 Å². The molecule has 3 rings (SSSR count). The fourth-order valence-corrected chi connectivity index (χ4v) is 3.63. The quantitative estimate of drug-likeness (QED) is 0.623. The van der Waals surface area contributed by atoms with E-state index >= 15 is 0 Å². The monoisotopic (exact) mass is 383 g/mol. The van der Waals surface area contributed by atoms with Crippen LogP contribution in [0.2, 0.25) is 0 Å². The van der Waals surface area contributed by atoms with Gasteiger partial charge in [0.2, 0.25) is 5.91 Å². The molecule has 0 aliphatic heterocycles. The molecule has 0 saturated heterocycles. The van der Waals surface area contributed by atoms with Gasteiger partial charge in [0.15, 0.2) is 0 Å². The first-order valence-corrected chi connectivity index (χ1v) is 7.61. The molecule has 0 radical (unpaired) electrons. The smallest absolute Gasteiger partial charge is 0.307 e. The number of hydrogen-bond acceptors (Lipinski definition) is 2. The molecule has 20 heavy (non-hydrogen) atoms. The predicted molar refractivity (Wildman–Crippen MR) is 83.1 cm³/mol. The molecular formula is C15H14INO3. The summed E-state index contributed by atoms with van der Waals surface area (Å²) < 4.78 is 1.09. The molecule has 4 nitrogen and oxygen atoms in total. The number of carbonyl (C=O) groups is 2. The summed E-state index contributed by atoms with van der Waals surface area (Å²) in [4.78, 5) is 23.8. The number of amides is 1. The van der Waals surface area contributed by atoms with E-state index in [1.165, 1.54) is 0 Å². The van der Waals surface area contributed by atoms with Gasteiger partial charge in [0.05, 0.1) is 11.8 Å². The van der Waals surface area contributed by atoms with Gasteiger partial charge in [0.1, 0.15) is 0 Å². The molecule has 1 saturated carbocycles. The predicted octanol–water partition coefficient (Wildman–Crippen LogP) is 2.75. The third-order valence-corrected chi connectivity index (χ3v) is 4.88. The summed E-state index contributed by atoms with van der Waals surface area (Å²) in [6.07, 6.45) is 4.71. The van der Waals surface area contributed by atoms with Gasteiger partial charge in [-0.25, -0.2) is 0 Å². The van der Waals surface area contributed by atoms with Crippen molar-refractivity contribution in [1.29, 1.82) is 0 Å². The number of anilines is 1. The lowest BCUT2D eigenvalue weighted by atomic mass is 9.82. The Bertz CT molecular complexity index is 581. The van der Waals surface area contributed by atoms with Crippen molar-refractivity contribution in [2.45, 2.75) is 6.42 Å². The largest absolute Gasteiger partial charge is 0.481 e. The molecule has 2 bridgehead atoms. The molecule has 1 fully saturated rings. The average molecular weight is 383 g/mol. The minimum Gasteiger partial charge on any atom is -0.481 e. The Morgan fingerprint density at radius 3 is 2.30 bits per heavy atom. The minimum absolute atomic E-state index is 0.00460. The fraction of sp³-hybridized carbons (Fsp3) is 0.333. The highest BCUT2D eigenvalue weighted by atomic mass is 127. The normalized spacial score (nSPS) is 30.4. The number of allylic oxidation sites excluding steroid dienone is 2. The van der Waals surface area contributed by atoms with Crippen LogP contribution in [0.15, 0.2) is 36.4 Å². The second-order valence-electron chi connectivity index (χ2n) is 5.33. The van der Waals surface area contributed by atoms with Crippen LogP contribution >= 0.6 is 22.6 Å². The Morgan fingerprint density at radius 1 is 1.10 bits per heavy atom. The number of benzene rings is 1. The summed E-state index contributed by atoms with van der Waals surface area (Å²) in [5.74, 6) is -2.04. The Labute approximate surface area is 130 Å². The van der Waals surface area contributed by atoms with Crippen molar-refractivity contribution in [3.05, 3.63) is 40.0 Å². The van der Waals surface area contributed by atoms with Crippen molar-refractivity contribution in [1.82, 2.24) is 0 Å². The van der Waals surface area contributed by atoms with Crippen LogP contribution in [0.5, 0.6) is 0 Å². The molecule has 1 aromatic carbocycles. The maximum Gasteiger partial charge on any atom is 0.307 e. The number of nitrogens with one attached hydrogen (secondary N) is 1. The van der Waals surface area contributed by atoms with E-state index in [1.54, 1.807) is 0 Å². The Morgan fingerprint density at radius 2 is 1.70 bits per heavy atom. The van der Waals surface area contributed by atoms with Gasteiger partial charge in [-0.05, 0) is 65.1 Å². The van der Waals surface area contributed by atoms with E-state index in [2.05, 4.69) is 27.9 Å². The molecule has 2 aliphatic rings. The van der Waals surface area contributed by atoms with Crippen molar-refractivity contribution in [2.75, 3.05) is 5.32 Å². The summed E-state index contributed by atoms with van der Waals surface area (Å²) in [5, 5.41) is 12.2. The molecule has 2 N–H and O–H groups in total. The topological polar surface area (TPSA) is 66.4 Å². The van der Waals surface area contributed by atoms with E-state index in [0.29, 0.717) is 5.69 Å². The first-order valence-electron chi connectivity index (χ1n) is 6.54. The maximum absolute atomic E-state index is 12.4. The van der Waals surface area contributed by atoms with E-state index in [0.717, 1.165) is 9.99 Å². The first kappa shape index (κ1) is 13.6. The fourth-order valence-electron chi connectivity index (χ4n) is 3.28. The van der Waals surface area contributed by atoms with E-state index in [9.17, 15) is 14.7 Å². The van der Waals surface area contributed by atoms with Gasteiger partial charge in [-0.2, -0.15) is 0 Å². The number of aliphatic carboxylic acids is 1. The molecule has 1 aromatic rings. The highest BCUT2D eigenvalue weighted by Crippen LogP contribution is 2.48. The van der Waals surface area contributed by atoms with Crippen LogP contribution in [0.1, 0.15) is 6.42 Å². The standard InChI is InChI=1S/C15H14INO3/c16-10-3-5-11(6-4-10)17-14(18)12-8-1-2-9(7-8)13(12)15(19)20/h1-6,8-9,12-13H,7H2,(H,17,18)(H,19,20)/t8-,9+,12+,13+/m0/s1. The van der Waals surface area contributed by atoms with Gasteiger partial charge in [-0.1, -0.05) is 12.2 Å². The Kier molecular flexibility index (Phi) is 3.54. The number of carbonyl (C=O) groups excluding carboxylic acids is 1. The number of carboxylic acids is 1. The van der Waals surface area contributed by atoms with Crippen LogP contribution in [0, 0.1) is 27.2 Å². The minimum atomic E-state index is -0.871. The van der Waals surface area contributed by atoms with Crippen LogP contribution in [-0.2, 0) is 9.59 Å². The SMILES string of the molecule is O=C(O)[C@H]1[C@H](C(=O)Nc2ccc(I)cc2)[C@H]2C=C[C@@H]1C2. The molecular weight excluding hydrogens is 369 g/mol. The van der Waals surface area contributed by atoms with Crippen LogP contribution in [-0.4, -0.2) is 17.0 Å². The molecule has 1 amide bonds. The summed E-state index contributed by atoms with van der Waals surface area (Å²) in [7, 11) is 0. The summed E-state index contributed by atoms with van der Waals surface area (Å²) in [5.41, 5.74) is 0.714. The molecule has 0 aromatic heterocycles. The molecule has 4 atom stereocenters. The van der Waals surface area contributed by atoms with E-state index < -0.39 is 17.8 Å². The zero-order chi connectivity index (χ0) is 14.3. The van der Waals surface area contributed by atoms with Crippen molar-refractivity contribution in [2.24, 2.45) is 23.7 Å². The van der Waals surface area contributed by atoms with Crippen LogP contribution in [0.3, 0.4) is 0 Å². The molecule has 104 valence electrons. The zero-order valence-corrected chi connectivity index (χ0v) is 12.8. The van der Waals surface area contributed by atoms with Gasteiger partial charge >= 0.3 is 5.97 Å². The van der Waals surface area contributed by atoms with E-state index in [1.807, 2.05) is 36.4 Å². The second-order valence-corrected chi connectivity index (χ2v) is 6.58. The van der Waals surface area contributed by atoms with Gasteiger partial charge in [0, 0.05) is 9.26 Å². The third-order valence-electron chi connectivity index (χ3n) is 4.16. The van der Waals surface area contributed by atoms with E-state index in [4.69, 9.17) is 0 Å². The lowest BCUT2D eigenvalue weighted by molar-refractivity contribution is -0.146. The lowest BCUT2D eigenvalue weighted by Crippen LogP contribution is -2.36. The Hall–Kier alpha value is -1.37. The molecule has 0 heterocycles. The Balaban J connectivity index is 1.78. The second kappa shape index (κ2) is 5.20. The van der Waals surface area contributed by atoms with Crippen LogP contribution in [0.4, 0.5) is 5.69 Å². The number of halogens is 1. The number of fused-ring (bicyclic) bond motifs is 2. The van der Waals surface area contributed by atoms with Crippen molar-refractivity contribution in [3.63, 3.8) is 0 Å². The van der Waals surface area contributed by atoms with Gasteiger partial charge in [0.25, 0.3) is 0 Å². The summed E-state index contributed by atoms with van der Waals surface area (Å²) in [6.45, 7) is 0. The van der Waals surface area contributed by atoms with Gasteiger partial charge in [-0.15, -0.1) is 0 Å². The maximum atomic E-state index is 12.4. The zero-order valence-electron chi connectivity index (χ0n) is 10.6. The number of rotatable bonds is 3. The number of carboxylic acid groups (broad SMARTS) is 1. The summed E-state index contributed by atoms with van der Waals surface area (Å²) in [6, 6.07) is 7.48. The van der Waals surface area contributed by atoms with Gasteiger partial charge in [-0.3, -0.25) is 9.59 Å². The van der Waals surface area contributed by atoms with Crippen LogP contribution in [0.25, 0.3) is 0 Å². The first-order chi connectivity index (χ1) is 9.56. The van der Waals surface area contributed by atoms with Crippen LogP contribution < -0.4 is 5.32 Å². The number of hydrogen-bond donors (Lipinski definition) is 2. The summed E-state index contributed by atoms with van der Waals surface area (Å²) >= 11 is 2.20.